The van der Waals surface area contributed by atoms with Gasteiger partial charge in [-0.3, -0.25) is 9.20 Å². The number of halogens is 2. The molecule has 0 radical (unpaired) electrons. The van der Waals surface area contributed by atoms with Gasteiger partial charge < -0.3 is 5.32 Å². The first-order valence-electron chi connectivity index (χ1n) is 7.82. The molecule has 3 heterocycles. The van der Waals surface area contributed by atoms with Crippen molar-refractivity contribution in [2.24, 2.45) is 0 Å². The molecule has 26 heavy (non-hydrogen) atoms. The summed E-state index contributed by atoms with van der Waals surface area (Å²) in [5.74, 6) is 0.301. The lowest BCUT2D eigenvalue weighted by Crippen LogP contribution is -2.14. The first-order chi connectivity index (χ1) is 12.5. The molecule has 4 aromatic rings. The molecule has 0 fully saturated rings. The van der Waals surface area contributed by atoms with Crippen LogP contribution in [-0.2, 0) is 0 Å². The maximum atomic E-state index is 12.8. The van der Waals surface area contributed by atoms with Crippen molar-refractivity contribution in [3.8, 4) is 10.6 Å². The molecule has 1 N–H and O–H groups in total. The fraction of sp³-hybridized carbons (Fsp3) is 0.0526. The predicted molar refractivity (Wildman–Crippen MR) is 108 cm³/mol. The molecule has 4 nitrogen and oxygen atoms in total. The van der Waals surface area contributed by atoms with Gasteiger partial charge in [-0.25, -0.2) is 4.98 Å². The number of pyridine rings is 1. The van der Waals surface area contributed by atoms with E-state index < -0.39 is 0 Å². The van der Waals surface area contributed by atoms with Gasteiger partial charge in [0.05, 0.1) is 15.5 Å². The van der Waals surface area contributed by atoms with Gasteiger partial charge >= 0.3 is 0 Å². The Balaban J connectivity index is 1.84. The summed E-state index contributed by atoms with van der Waals surface area (Å²) in [7, 11) is 0. The molecule has 7 heteroatoms. The Hall–Kier alpha value is -2.34. The first-order valence-corrected chi connectivity index (χ1v) is 9.46. The van der Waals surface area contributed by atoms with E-state index in [0.717, 1.165) is 21.8 Å². The van der Waals surface area contributed by atoms with E-state index in [0.29, 0.717) is 21.4 Å². The van der Waals surface area contributed by atoms with Crippen LogP contribution in [-0.4, -0.2) is 15.3 Å². The van der Waals surface area contributed by atoms with Crippen molar-refractivity contribution in [2.45, 2.75) is 6.92 Å². The molecule has 4 rings (SSSR count). The number of hydrogen-bond donors (Lipinski definition) is 1. The van der Waals surface area contributed by atoms with Crippen molar-refractivity contribution in [3.05, 3.63) is 75.2 Å². The van der Waals surface area contributed by atoms with Gasteiger partial charge in [0.2, 0.25) is 0 Å². The second-order valence-electron chi connectivity index (χ2n) is 5.75. The molecule has 0 aliphatic carbocycles. The number of carbonyl (C=O) groups excluding carboxylic acids is 1. The first kappa shape index (κ1) is 17.1. The highest BCUT2D eigenvalue weighted by Crippen LogP contribution is 2.33. The summed E-state index contributed by atoms with van der Waals surface area (Å²) in [6, 6.07) is 12.7. The minimum Gasteiger partial charge on any atom is -0.306 e. The summed E-state index contributed by atoms with van der Waals surface area (Å²) in [6.45, 7) is 1.99. The largest absolute Gasteiger partial charge is 0.306 e. The molecule has 0 bridgehead atoms. The average Bonchev–Trinajstić information content (AvgIpc) is 3.24. The van der Waals surface area contributed by atoms with E-state index in [1.807, 2.05) is 47.2 Å². The van der Waals surface area contributed by atoms with Crippen molar-refractivity contribution in [1.82, 2.24) is 9.38 Å². The van der Waals surface area contributed by atoms with Crippen LogP contribution < -0.4 is 5.32 Å². The standard InChI is InChI=1S/C19H13Cl2N3OS/c1-11-4-2-8-24-17(11)22-16(15-5-3-9-26-15)18(24)23-19(25)13-7-6-12(20)10-14(13)21/h2-10H,1H3,(H,23,25). The number of nitrogens with one attached hydrogen (secondary N) is 1. The lowest BCUT2D eigenvalue weighted by molar-refractivity contribution is 0.102. The van der Waals surface area contributed by atoms with E-state index in [4.69, 9.17) is 28.2 Å². The smallest absolute Gasteiger partial charge is 0.258 e. The predicted octanol–water partition coefficient (Wildman–Crippen LogP) is 5.93. The molecule has 0 atom stereocenters. The van der Waals surface area contributed by atoms with Gasteiger partial charge in [0.15, 0.2) is 0 Å². The van der Waals surface area contributed by atoms with Crippen molar-refractivity contribution in [1.29, 1.82) is 0 Å². The van der Waals surface area contributed by atoms with Gasteiger partial charge in [0.1, 0.15) is 17.2 Å². The molecule has 0 unspecified atom stereocenters. The topological polar surface area (TPSA) is 46.4 Å². The number of rotatable bonds is 3. The molecule has 0 saturated carbocycles. The van der Waals surface area contributed by atoms with Crippen LogP contribution in [0.2, 0.25) is 10.0 Å². The maximum Gasteiger partial charge on any atom is 0.258 e. The average molecular weight is 402 g/mol. The van der Waals surface area contributed by atoms with Gasteiger partial charge in [0, 0.05) is 11.2 Å². The van der Waals surface area contributed by atoms with E-state index >= 15 is 0 Å². The third-order valence-corrected chi connectivity index (χ3v) is 5.43. The Bertz CT molecular complexity index is 1120. The van der Waals surface area contributed by atoms with E-state index in [1.54, 1.807) is 29.5 Å². The van der Waals surface area contributed by atoms with Crippen LogP contribution in [0.4, 0.5) is 5.82 Å². The van der Waals surface area contributed by atoms with Gasteiger partial charge in [-0.05, 0) is 48.2 Å². The molecule has 0 aliphatic heterocycles. The van der Waals surface area contributed by atoms with Crippen molar-refractivity contribution >= 4 is 51.9 Å². The van der Waals surface area contributed by atoms with E-state index in [2.05, 4.69) is 5.32 Å². The molecule has 1 amide bonds. The normalized spacial score (nSPS) is 11.0. The highest BCUT2D eigenvalue weighted by molar-refractivity contribution is 7.13. The molecule has 1 aromatic carbocycles. The fourth-order valence-electron chi connectivity index (χ4n) is 2.76. The summed E-state index contributed by atoms with van der Waals surface area (Å²) in [4.78, 5) is 18.5. The minimum atomic E-state index is -0.312. The van der Waals surface area contributed by atoms with Crippen LogP contribution in [0, 0.1) is 6.92 Å². The van der Waals surface area contributed by atoms with Crippen LogP contribution in [0.5, 0.6) is 0 Å². The minimum absolute atomic E-state index is 0.303. The summed E-state index contributed by atoms with van der Waals surface area (Å²) in [6.07, 6.45) is 1.88. The zero-order valence-corrected chi connectivity index (χ0v) is 16.0. The zero-order chi connectivity index (χ0) is 18.3. The second kappa shape index (κ2) is 6.76. The number of carbonyl (C=O) groups is 1. The molecule has 0 aliphatic rings. The Morgan fingerprint density at radius 2 is 2.04 bits per heavy atom. The third-order valence-electron chi connectivity index (χ3n) is 4.01. The number of fused-ring (bicyclic) bond motifs is 1. The molecule has 0 spiro atoms. The Kier molecular flexibility index (Phi) is 4.44. The number of imidazole rings is 1. The second-order valence-corrected chi connectivity index (χ2v) is 7.54. The lowest BCUT2D eigenvalue weighted by atomic mass is 10.2. The van der Waals surface area contributed by atoms with E-state index in [9.17, 15) is 4.79 Å². The number of benzene rings is 1. The van der Waals surface area contributed by atoms with Gasteiger partial charge in [-0.15, -0.1) is 11.3 Å². The number of hydrogen-bond acceptors (Lipinski definition) is 3. The molecule has 130 valence electrons. The summed E-state index contributed by atoms with van der Waals surface area (Å²) >= 11 is 13.7. The number of aryl methyl sites for hydroxylation is 1. The molecular weight excluding hydrogens is 389 g/mol. The fourth-order valence-corrected chi connectivity index (χ4v) is 3.97. The SMILES string of the molecule is Cc1cccn2c(NC(=O)c3ccc(Cl)cc3Cl)c(-c3cccs3)nc12. The van der Waals surface area contributed by atoms with Gasteiger partial charge in [0.25, 0.3) is 5.91 Å². The molecule has 3 aromatic heterocycles. The number of anilines is 1. The van der Waals surface area contributed by atoms with Crippen LogP contribution in [0.1, 0.15) is 15.9 Å². The lowest BCUT2D eigenvalue weighted by Gasteiger charge is -2.09. The number of aromatic nitrogens is 2. The quantitative estimate of drug-likeness (QED) is 0.462. The van der Waals surface area contributed by atoms with Crippen molar-refractivity contribution < 1.29 is 4.79 Å². The highest BCUT2D eigenvalue weighted by atomic mass is 35.5. The highest BCUT2D eigenvalue weighted by Gasteiger charge is 2.20. The number of nitrogens with zero attached hydrogens (tertiary/aromatic N) is 2. The van der Waals surface area contributed by atoms with Crippen LogP contribution in [0.3, 0.4) is 0 Å². The summed E-state index contributed by atoms with van der Waals surface area (Å²) < 4.78 is 1.88. The third kappa shape index (κ3) is 2.98. The maximum absolute atomic E-state index is 12.8. The summed E-state index contributed by atoms with van der Waals surface area (Å²) in [5, 5.41) is 5.73. The Labute approximate surface area is 164 Å². The monoisotopic (exact) mass is 401 g/mol. The number of thiophene rings is 1. The van der Waals surface area contributed by atoms with E-state index in [-0.39, 0.29) is 5.91 Å². The Morgan fingerprint density at radius 1 is 1.19 bits per heavy atom. The van der Waals surface area contributed by atoms with Crippen molar-refractivity contribution in [3.63, 3.8) is 0 Å². The van der Waals surface area contributed by atoms with Crippen LogP contribution in [0.15, 0.2) is 54.0 Å². The van der Waals surface area contributed by atoms with Crippen molar-refractivity contribution in [2.75, 3.05) is 5.32 Å². The Morgan fingerprint density at radius 3 is 2.77 bits per heavy atom. The zero-order valence-electron chi connectivity index (χ0n) is 13.7. The van der Waals surface area contributed by atoms with E-state index in [1.165, 1.54) is 0 Å². The number of amides is 1. The summed E-state index contributed by atoms with van der Waals surface area (Å²) in [5.41, 5.74) is 2.91. The molecule has 0 saturated heterocycles. The van der Waals surface area contributed by atoms with Gasteiger partial charge in [-0.2, -0.15) is 0 Å². The van der Waals surface area contributed by atoms with Crippen LogP contribution >= 0.6 is 34.5 Å². The van der Waals surface area contributed by atoms with Crippen LogP contribution in [0.25, 0.3) is 16.2 Å². The van der Waals surface area contributed by atoms with Gasteiger partial charge in [-0.1, -0.05) is 35.3 Å². The molecular formula is C19H13Cl2N3OS.